The summed E-state index contributed by atoms with van der Waals surface area (Å²) < 4.78 is 28.3. The molecule has 0 saturated carbocycles. The molecular weight excluding hydrogens is 276 g/mol. The fraction of sp³-hybridized carbons (Fsp3) is 0.308. The van der Waals surface area contributed by atoms with Crippen molar-refractivity contribution in [1.82, 2.24) is 15.1 Å². The van der Waals surface area contributed by atoms with Crippen LogP contribution in [0.15, 0.2) is 41.4 Å². The molecule has 20 heavy (non-hydrogen) atoms. The van der Waals surface area contributed by atoms with Crippen LogP contribution < -0.4 is 10.0 Å². The number of nitrogens with one attached hydrogen (secondary N) is 2. The standard InChI is InChI=1S/C13H18N4O2S/c1-3-14-10-11-4-6-12(7-5-11)20(18,19)16-13-8-9-17(2)15-13/h4-9,14H,3,10H2,1-2H3,(H,15,16). The number of nitrogens with zero attached hydrogens (tertiary/aromatic N) is 2. The summed E-state index contributed by atoms with van der Waals surface area (Å²) in [6.07, 6.45) is 1.68. The van der Waals surface area contributed by atoms with Crippen LogP contribution in [0.1, 0.15) is 12.5 Å². The maximum Gasteiger partial charge on any atom is 0.263 e. The van der Waals surface area contributed by atoms with E-state index in [0.717, 1.165) is 18.7 Å². The van der Waals surface area contributed by atoms with Gasteiger partial charge >= 0.3 is 0 Å². The van der Waals surface area contributed by atoms with Crippen molar-refractivity contribution in [3.05, 3.63) is 42.1 Å². The van der Waals surface area contributed by atoms with E-state index in [-0.39, 0.29) is 4.90 Å². The largest absolute Gasteiger partial charge is 0.313 e. The summed E-state index contributed by atoms with van der Waals surface area (Å²) in [6.45, 7) is 3.63. The van der Waals surface area contributed by atoms with Gasteiger partial charge in [-0.1, -0.05) is 19.1 Å². The summed E-state index contributed by atoms with van der Waals surface area (Å²) in [5.41, 5.74) is 1.05. The van der Waals surface area contributed by atoms with Crippen molar-refractivity contribution in [2.75, 3.05) is 11.3 Å². The van der Waals surface area contributed by atoms with Crippen molar-refractivity contribution < 1.29 is 8.42 Å². The second-order valence-corrected chi connectivity index (χ2v) is 6.09. The Morgan fingerprint density at radius 2 is 1.90 bits per heavy atom. The molecule has 1 aromatic heterocycles. The first kappa shape index (κ1) is 14.5. The quantitative estimate of drug-likeness (QED) is 0.843. The van der Waals surface area contributed by atoms with Gasteiger partial charge in [-0.25, -0.2) is 8.42 Å². The summed E-state index contributed by atoms with van der Waals surface area (Å²) in [5.74, 6) is 0.309. The van der Waals surface area contributed by atoms with Crippen LogP contribution in [0.4, 0.5) is 5.82 Å². The van der Waals surface area contributed by atoms with Crippen molar-refractivity contribution in [1.29, 1.82) is 0 Å². The molecule has 0 aliphatic rings. The summed E-state index contributed by atoms with van der Waals surface area (Å²) in [4.78, 5) is 0.225. The molecule has 6 nitrogen and oxygen atoms in total. The molecule has 2 N–H and O–H groups in total. The second kappa shape index (κ2) is 6.06. The first-order valence-corrected chi connectivity index (χ1v) is 7.81. The molecule has 7 heteroatoms. The predicted octanol–water partition coefficient (Wildman–Crippen LogP) is 1.33. The number of sulfonamides is 1. The maximum absolute atomic E-state index is 12.2. The number of aryl methyl sites for hydroxylation is 1. The minimum absolute atomic E-state index is 0.225. The van der Waals surface area contributed by atoms with Crippen LogP contribution in [0.25, 0.3) is 0 Å². The number of rotatable bonds is 6. The SMILES string of the molecule is CCNCc1ccc(S(=O)(=O)Nc2ccn(C)n2)cc1. The van der Waals surface area contributed by atoms with Gasteiger partial charge in [0, 0.05) is 25.9 Å². The molecule has 0 aliphatic heterocycles. The summed E-state index contributed by atoms with van der Waals surface area (Å²) in [5, 5.41) is 7.18. The zero-order valence-corrected chi connectivity index (χ0v) is 12.3. The highest BCUT2D eigenvalue weighted by atomic mass is 32.2. The molecule has 0 aliphatic carbocycles. The third-order valence-corrected chi connectivity index (χ3v) is 4.14. The molecule has 2 aromatic rings. The van der Waals surface area contributed by atoms with Gasteiger partial charge in [0.2, 0.25) is 0 Å². The van der Waals surface area contributed by atoms with E-state index in [1.807, 2.05) is 6.92 Å². The van der Waals surface area contributed by atoms with E-state index in [1.54, 1.807) is 43.6 Å². The number of hydrogen-bond acceptors (Lipinski definition) is 4. The molecule has 0 fully saturated rings. The van der Waals surface area contributed by atoms with Gasteiger partial charge < -0.3 is 5.32 Å². The lowest BCUT2D eigenvalue weighted by atomic mass is 10.2. The van der Waals surface area contributed by atoms with E-state index in [2.05, 4.69) is 15.1 Å². The van der Waals surface area contributed by atoms with Gasteiger partial charge in [0.05, 0.1) is 4.90 Å². The van der Waals surface area contributed by atoms with Crippen LogP contribution in [0, 0.1) is 0 Å². The first-order chi connectivity index (χ1) is 9.51. The highest BCUT2D eigenvalue weighted by Gasteiger charge is 2.15. The topological polar surface area (TPSA) is 76.0 Å². The molecule has 0 unspecified atom stereocenters. The predicted molar refractivity (Wildman–Crippen MR) is 77.8 cm³/mol. The minimum atomic E-state index is -3.58. The fourth-order valence-electron chi connectivity index (χ4n) is 1.72. The molecule has 108 valence electrons. The Morgan fingerprint density at radius 3 is 2.45 bits per heavy atom. The zero-order chi connectivity index (χ0) is 14.6. The van der Waals surface area contributed by atoms with Crippen LogP contribution in [0.2, 0.25) is 0 Å². The van der Waals surface area contributed by atoms with Crippen LogP contribution in [-0.2, 0) is 23.6 Å². The minimum Gasteiger partial charge on any atom is -0.313 e. The number of hydrogen-bond donors (Lipinski definition) is 2. The Morgan fingerprint density at radius 1 is 1.20 bits per heavy atom. The van der Waals surface area contributed by atoms with Crippen LogP contribution in [0.3, 0.4) is 0 Å². The average Bonchev–Trinajstić information content (AvgIpc) is 2.81. The van der Waals surface area contributed by atoms with Crippen molar-refractivity contribution in [2.24, 2.45) is 7.05 Å². The molecule has 0 bridgehead atoms. The third kappa shape index (κ3) is 3.58. The Balaban J connectivity index is 2.13. The van der Waals surface area contributed by atoms with Crippen molar-refractivity contribution in [3.63, 3.8) is 0 Å². The molecule has 0 radical (unpaired) electrons. The van der Waals surface area contributed by atoms with Crippen LogP contribution in [-0.4, -0.2) is 24.7 Å². The molecule has 0 spiro atoms. The monoisotopic (exact) mass is 294 g/mol. The molecule has 0 saturated heterocycles. The third-order valence-electron chi connectivity index (χ3n) is 2.77. The molecular formula is C13H18N4O2S. The summed E-state index contributed by atoms with van der Waals surface area (Å²) >= 11 is 0. The Kier molecular flexibility index (Phi) is 4.41. The second-order valence-electron chi connectivity index (χ2n) is 4.40. The molecule has 0 atom stereocenters. The van der Waals surface area contributed by atoms with Crippen molar-refractivity contribution >= 4 is 15.8 Å². The van der Waals surface area contributed by atoms with Gasteiger partial charge in [-0.2, -0.15) is 5.10 Å². The molecule has 0 amide bonds. The maximum atomic E-state index is 12.2. The highest BCUT2D eigenvalue weighted by molar-refractivity contribution is 7.92. The Hall–Kier alpha value is -1.86. The van der Waals surface area contributed by atoms with Gasteiger partial charge in [0.15, 0.2) is 5.82 Å². The first-order valence-electron chi connectivity index (χ1n) is 6.33. The summed E-state index contributed by atoms with van der Waals surface area (Å²) in [7, 11) is -1.85. The van der Waals surface area contributed by atoms with Gasteiger partial charge in [-0.15, -0.1) is 0 Å². The normalized spacial score (nSPS) is 11.5. The lowest BCUT2D eigenvalue weighted by Crippen LogP contribution is -2.14. The number of benzene rings is 1. The van der Waals surface area contributed by atoms with E-state index in [1.165, 1.54) is 4.68 Å². The van der Waals surface area contributed by atoms with Gasteiger partial charge in [-0.05, 0) is 24.2 Å². The fourth-order valence-corrected chi connectivity index (χ4v) is 2.72. The molecule has 1 aromatic carbocycles. The van der Waals surface area contributed by atoms with E-state index in [4.69, 9.17) is 0 Å². The van der Waals surface area contributed by atoms with Gasteiger partial charge in [0.25, 0.3) is 10.0 Å². The van der Waals surface area contributed by atoms with Crippen LogP contribution >= 0.6 is 0 Å². The highest BCUT2D eigenvalue weighted by Crippen LogP contribution is 2.15. The van der Waals surface area contributed by atoms with E-state index >= 15 is 0 Å². The number of aromatic nitrogens is 2. The smallest absolute Gasteiger partial charge is 0.263 e. The van der Waals surface area contributed by atoms with E-state index < -0.39 is 10.0 Å². The summed E-state index contributed by atoms with van der Waals surface area (Å²) in [6, 6.07) is 8.40. The molecule has 1 heterocycles. The van der Waals surface area contributed by atoms with Crippen LogP contribution in [0.5, 0.6) is 0 Å². The lowest BCUT2D eigenvalue weighted by molar-refractivity contribution is 0.600. The van der Waals surface area contributed by atoms with Crippen molar-refractivity contribution in [2.45, 2.75) is 18.4 Å². The average molecular weight is 294 g/mol. The Bertz CT molecular complexity index is 662. The van der Waals surface area contributed by atoms with E-state index in [0.29, 0.717) is 5.82 Å². The van der Waals surface area contributed by atoms with Gasteiger partial charge in [0.1, 0.15) is 0 Å². The number of anilines is 1. The van der Waals surface area contributed by atoms with Gasteiger partial charge in [-0.3, -0.25) is 9.40 Å². The zero-order valence-electron chi connectivity index (χ0n) is 11.5. The Labute approximate surface area is 118 Å². The molecule has 2 rings (SSSR count). The van der Waals surface area contributed by atoms with E-state index in [9.17, 15) is 8.42 Å². The van der Waals surface area contributed by atoms with Crippen molar-refractivity contribution in [3.8, 4) is 0 Å². The lowest BCUT2D eigenvalue weighted by Gasteiger charge is -2.07.